The highest BCUT2D eigenvalue weighted by atomic mass is 16.1. The Morgan fingerprint density at radius 2 is 1.80 bits per heavy atom. The molecule has 3 aromatic rings. The van der Waals surface area contributed by atoms with Gasteiger partial charge in [-0.3, -0.25) is 4.79 Å². The molecule has 1 amide bonds. The van der Waals surface area contributed by atoms with Crippen molar-refractivity contribution < 1.29 is 4.79 Å². The van der Waals surface area contributed by atoms with Crippen LogP contribution in [0.4, 0.5) is 0 Å². The molecular weight excluding hydrogens is 310 g/mol. The maximum atomic E-state index is 12.3. The smallest absolute Gasteiger partial charge is 0.220 e. The maximum absolute atomic E-state index is 12.3. The van der Waals surface area contributed by atoms with Crippen molar-refractivity contribution in [2.45, 2.75) is 18.9 Å². The van der Waals surface area contributed by atoms with Crippen molar-refractivity contribution in [3.63, 3.8) is 0 Å². The number of carbonyl (C=O) groups excluding carboxylic acids is 1. The summed E-state index contributed by atoms with van der Waals surface area (Å²) >= 11 is 0. The number of fused-ring (bicyclic) bond motifs is 1. The largest absolute Gasteiger partial charge is 0.361 e. The Kier molecular flexibility index (Phi) is 5.51. The lowest BCUT2D eigenvalue weighted by Gasteiger charge is -2.25. The van der Waals surface area contributed by atoms with Crippen LogP contribution in [0.1, 0.15) is 23.6 Å². The molecule has 2 N–H and O–H groups in total. The Balaban J connectivity index is 1.55. The molecule has 2 aromatic carbocycles. The topological polar surface area (TPSA) is 48.1 Å². The average Bonchev–Trinajstić information content (AvgIpc) is 3.04. The Morgan fingerprint density at radius 1 is 1.08 bits per heavy atom. The maximum Gasteiger partial charge on any atom is 0.220 e. The van der Waals surface area contributed by atoms with Gasteiger partial charge in [0.25, 0.3) is 0 Å². The highest BCUT2D eigenvalue weighted by molar-refractivity contribution is 5.84. The van der Waals surface area contributed by atoms with E-state index in [9.17, 15) is 4.79 Å². The van der Waals surface area contributed by atoms with E-state index in [0.29, 0.717) is 13.0 Å². The first-order valence-corrected chi connectivity index (χ1v) is 8.68. The number of aromatic nitrogens is 1. The minimum atomic E-state index is 0.0908. The number of rotatable bonds is 7. The van der Waals surface area contributed by atoms with Crippen LogP contribution in [0.25, 0.3) is 10.9 Å². The number of para-hydroxylation sites is 1. The zero-order valence-corrected chi connectivity index (χ0v) is 14.8. The van der Waals surface area contributed by atoms with Gasteiger partial charge in [-0.2, -0.15) is 0 Å². The van der Waals surface area contributed by atoms with Crippen LogP contribution in [-0.4, -0.2) is 36.4 Å². The van der Waals surface area contributed by atoms with Crippen molar-refractivity contribution in [2.24, 2.45) is 0 Å². The number of carbonyl (C=O) groups is 1. The minimum Gasteiger partial charge on any atom is -0.361 e. The normalized spacial score (nSPS) is 12.4. The van der Waals surface area contributed by atoms with Gasteiger partial charge in [0.05, 0.1) is 6.04 Å². The molecule has 0 aliphatic rings. The number of hydrogen-bond donors (Lipinski definition) is 2. The molecule has 0 radical (unpaired) electrons. The average molecular weight is 335 g/mol. The molecule has 4 nitrogen and oxygen atoms in total. The fourth-order valence-electron chi connectivity index (χ4n) is 3.16. The summed E-state index contributed by atoms with van der Waals surface area (Å²) in [4.78, 5) is 17.7. The quantitative estimate of drug-likeness (QED) is 0.694. The van der Waals surface area contributed by atoms with Gasteiger partial charge >= 0.3 is 0 Å². The first kappa shape index (κ1) is 17.2. The van der Waals surface area contributed by atoms with Crippen LogP contribution in [0.3, 0.4) is 0 Å². The second-order valence-corrected chi connectivity index (χ2v) is 6.55. The summed E-state index contributed by atoms with van der Waals surface area (Å²) in [6.45, 7) is 0.615. The molecular formula is C21H25N3O. The summed E-state index contributed by atoms with van der Waals surface area (Å²) < 4.78 is 0. The summed E-state index contributed by atoms with van der Waals surface area (Å²) in [5.41, 5.74) is 3.53. The summed E-state index contributed by atoms with van der Waals surface area (Å²) in [6.07, 6.45) is 3.25. The van der Waals surface area contributed by atoms with E-state index in [-0.39, 0.29) is 11.9 Å². The monoisotopic (exact) mass is 335 g/mol. The minimum absolute atomic E-state index is 0.0908. The lowest BCUT2D eigenvalue weighted by atomic mass is 10.1. The van der Waals surface area contributed by atoms with Crippen LogP contribution in [-0.2, 0) is 11.2 Å². The highest BCUT2D eigenvalue weighted by Crippen LogP contribution is 2.19. The van der Waals surface area contributed by atoms with Crippen LogP contribution in [0.5, 0.6) is 0 Å². The molecule has 0 saturated heterocycles. The Labute approximate surface area is 148 Å². The van der Waals surface area contributed by atoms with Crippen molar-refractivity contribution in [3.05, 3.63) is 71.9 Å². The van der Waals surface area contributed by atoms with Crippen molar-refractivity contribution >= 4 is 16.8 Å². The number of hydrogen-bond acceptors (Lipinski definition) is 2. The summed E-state index contributed by atoms with van der Waals surface area (Å²) in [7, 11) is 4.07. The van der Waals surface area contributed by atoms with E-state index in [1.54, 1.807) is 0 Å². The summed E-state index contributed by atoms with van der Waals surface area (Å²) in [5.74, 6) is 0.0908. The molecule has 0 aliphatic carbocycles. The van der Waals surface area contributed by atoms with Gasteiger partial charge in [0.1, 0.15) is 0 Å². The number of aromatic amines is 1. The number of nitrogens with zero attached hydrogens (tertiary/aromatic N) is 1. The van der Waals surface area contributed by atoms with E-state index in [0.717, 1.165) is 11.9 Å². The molecule has 0 fully saturated rings. The van der Waals surface area contributed by atoms with E-state index in [1.807, 2.05) is 50.6 Å². The van der Waals surface area contributed by atoms with Gasteiger partial charge in [-0.25, -0.2) is 0 Å². The van der Waals surface area contributed by atoms with E-state index >= 15 is 0 Å². The Bertz CT molecular complexity index is 823. The number of amides is 1. The molecule has 1 heterocycles. The number of H-pyrrole nitrogens is 1. The van der Waals surface area contributed by atoms with Crippen molar-refractivity contribution in [1.82, 2.24) is 15.2 Å². The molecule has 3 rings (SSSR count). The molecule has 0 aliphatic heterocycles. The third kappa shape index (κ3) is 4.28. The molecule has 130 valence electrons. The number of benzene rings is 2. The molecule has 0 bridgehead atoms. The SMILES string of the molecule is CN(C)[C@@H](CNC(=O)CCc1c[nH]c2ccccc12)c1ccccc1. The lowest BCUT2D eigenvalue weighted by Crippen LogP contribution is -2.34. The van der Waals surface area contributed by atoms with Gasteiger partial charge in [0.2, 0.25) is 5.91 Å². The summed E-state index contributed by atoms with van der Waals surface area (Å²) in [6, 6.07) is 18.6. The van der Waals surface area contributed by atoms with Gasteiger partial charge in [-0.1, -0.05) is 48.5 Å². The Morgan fingerprint density at radius 3 is 2.56 bits per heavy atom. The van der Waals surface area contributed by atoms with Crippen molar-refractivity contribution in [2.75, 3.05) is 20.6 Å². The standard InChI is InChI=1S/C21H25N3O/c1-24(2)20(16-8-4-3-5-9-16)15-23-21(25)13-12-17-14-22-19-11-7-6-10-18(17)19/h3-11,14,20,22H,12-13,15H2,1-2H3,(H,23,25)/t20-/m0/s1. The zero-order chi connectivity index (χ0) is 17.6. The predicted molar refractivity (Wildman–Crippen MR) is 102 cm³/mol. The van der Waals surface area contributed by atoms with E-state index < -0.39 is 0 Å². The molecule has 0 unspecified atom stereocenters. The first-order valence-electron chi connectivity index (χ1n) is 8.68. The van der Waals surface area contributed by atoms with E-state index in [2.05, 4.69) is 39.5 Å². The number of likely N-dealkylation sites (N-methyl/N-ethyl adjacent to an activating group) is 1. The first-order chi connectivity index (χ1) is 12.1. The van der Waals surface area contributed by atoms with Gasteiger partial charge in [-0.15, -0.1) is 0 Å². The second kappa shape index (κ2) is 7.99. The van der Waals surface area contributed by atoms with Crippen LogP contribution in [0.15, 0.2) is 60.8 Å². The fraction of sp³-hybridized carbons (Fsp3) is 0.286. The van der Waals surface area contributed by atoms with Gasteiger partial charge in [-0.05, 0) is 37.7 Å². The molecule has 0 spiro atoms. The zero-order valence-electron chi connectivity index (χ0n) is 14.8. The number of aryl methyl sites for hydroxylation is 1. The molecule has 1 atom stereocenters. The molecule has 25 heavy (non-hydrogen) atoms. The number of nitrogens with one attached hydrogen (secondary N) is 2. The van der Waals surface area contributed by atoms with E-state index in [1.165, 1.54) is 16.5 Å². The third-order valence-electron chi connectivity index (χ3n) is 4.60. The van der Waals surface area contributed by atoms with Crippen molar-refractivity contribution in [3.8, 4) is 0 Å². The molecule has 1 aromatic heterocycles. The predicted octanol–water partition coefficient (Wildman–Crippen LogP) is 3.52. The van der Waals surface area contributed by atoms with Gasteiger partial charge in [0.15, 0.2) is 0 Å². The highest BCUT2D eigenvalue weighted by Gasteiger charge is 2.15. The van der Waals surface area contributed by atoms with Crippen LogP contribution >= 0.6 is 0 Å². The molecule has 0 saturated carbocycles. The lowest BCUT2D eigenvalue weighted by molar-refractivity contribution is -0.121. The van der Waals surface area contributed by atoms with Gasteiger partial charge < -0.3 is 15.2 Å². The van der Waals surface area contributed by atoms with Crippen LogP contribution in [0.2, 0.25) is 0 Å². The molecule has 4 heteroatoms. The van der Waals surface area contributed by atoms with Gasteiger partial charge in [0, 0.05) is 30.1 Å². The Hall–Kier alpha value is -2.59. The third-order valence-corrected chi connectivity index (χ3v) is 4.60. The van der Waals surface area contributed by atoms with Crippen LogP contribution in [0, 0.1) is 0 Å². The van der Waals surface area contributed by atoms with Crippen LogP contribution < -0.4 is 5.32 Å². The summed E-state index contributed by atoms with van der Waals surface area (Å²) in [5, 5.41) is 4.28. The van der Waals surface area contributed by atoms with E-state index in [4.69, 9.17) is 0 Å². The van der Waals surface area contributed by atoms with Crippen molar-refractivity contribution in [1.29, 1.82) is 0 Å². The second-order valence-electron chi connectivity index (χ2n) is 6.55. The fourth-order valence-corrected chi connectivity index (χ4v) is 3.16.